The fourth-order valence-electron chi connectivity index (χ4n) is 0.313. The first-order valence-electron chi connectivity index (χ1n) is 7.54. The molecule has 0 atom stereocenters. The molecule has 0 saturated carbocycles. The van der Waals surface area contributed by atoms with Gasteiger partial charge in [0.25, 0.3) is 0 Å². The third kappa shape index (κ3) is 59.8. The van der Waals surface area contributed by atoms with Gasteiger partial charge in [-0.05, 0) is 6.42 Å². The second kappa shape index (κ2) is 32.7. The Balaban J connectivity index is -0.0000000705. The van der Waals surface area contributed by atoms with E-state index in [9.17, 15) is 14.4 Å². The molecule has 0 aliphatic heterocycles. The normalized spacial score (nSPS) is 6.62. The lowest BCUT2D eigenvalue weighted by atomic mass is 10.5. The molecule has 140 valence electrons. The zero-order valence-electron chi connectivity index (χ0n) is 15.6. The average Bonchev–Trinajstić information content (AvgIpc) is 2.59. The highest BCUT2D eigenvalue weighted by Gasteiger charge is 2.01. The zero-order chi connectivity index (χ0) is 20.6. The number of allylic oxidation sites excluding steroid dienone is 1. The molecular weight excluding hydrogens is 332 g/mol. The van der Waals surface area contributed by atoms with Gasteiger partial charge in [0.05, 0.1) is 6.08 Å². The average molecular weight is 363 g/mol. The minimum Gasteiger partial charge on any atom is -0.478 e. The maximum Gasteiger partial charge on any atom is 0.337 e. The van der Waals surface area contributed by atoms with Gasteiger partial charge >= 0.3 is 17.9 Å². The van der Waals surface area contributed by atoms with Gasteiger partial charge in [-0.1, -0.05) is 72.9 Å². The van der Waals surface area contributed by atoms with Crippen LogP contribution in [0.4, 0.5) is 0 Å². The molecule has 0 saturated heterocycles. The van der Waals surface area contributed by atoms with Crippen LogP contribution in [-0.4, -0.2) is 23.0 Å². The van der Waals surface area contributed by atoms with E-state index >= 15 is 0 Å². The van der Waals surface area contributed by atoms with Crippen molar-refractivity contribution < 1.29 is 24.2 Å². The summed E-state index contributed by atoms with van der Waals surface area (Å²) >= 11 is 5.27. The van der Waals surface area contributed by atoms with Gasteiger partial charge in [0.2, 0.25) is 0 Å². The zero-order valence-corrected chi connectivity index (χ0v) is 16.4. The van der Waals surface area contributed by atoms with E-state index in [1.54, 1.807) is 6.92 Å². The number of carboxylic acid groups (broad SMARTS) is 1. The van der Waals surface area contributed by atoms with Gasteiger partial charge in [-0.25, -0.2) is 9.59 Å². The molecule has 0 bridgehead atoms. The van der Waals surface area contributed by atoms with E-state index in [-0.39, 0.29) is 6.42 Å². The monoisotopic (exact) mass is 362 g/mol. The van der Waals surface area contributed by atoms with Crippen molar-refractivity contribution in [3.05, 3.63) is 42.7 Å². The Hall–Kier alpha value is -2.10. The van der Waals surface area contributed by atoms with Crippen LogP contribution in [0.2, 0.25) is 0 Å². The molecule has 0 fully saturated rings. The summed E-state index contributed by atoms with van der Waals surface area (Å²) in [4.78, 5) is 30.0. The Bertz CT molecular complexity index is 394. The summed E-state index contributed by atoms with van der Waals surface area (Å²) in [6, 6.07) is 0. The van der Waals surface area contributed by atoms with Crippen LogP contribution >= 0.6 is 11.6 Å². The Morgan fingerprint density at radius 3 is 1.62 bits per heavy atom. The van der Waals surface area contributed by atoms with Gasteiger partial charge in [0, 0.05) is 17.5 Å². The molecule has 0 spiro atoms. The summed E-state index contributed by atoms with van der Waals surface area (Å²) in [5, 5.41) is 8.48. The van der Waals surface area contributed by atoms with E-state index in [1.807, 2.05) is 34.6 Å². The lowest BCUT2D eigenvalue weighted by Gasteiger charge is -1.92. The third-order valence-electron chi connectivity index (χ3n) is 1.28. The van der Waals surface area contributed by atoms with E-state index < -0.39 is 17.9 Å². The van der Waals surface area contributed by atoms with Crippen LogP contribution in [0.25, 0.3) is 0 Å². The highest BCUT2D eigenvalue weighted by Crippen LogP contribution is 1.98. The standard InChI is InChI=1S/C6H8O3.C4H7Cl.C4H4O2.2C2H6/c1-3-5(7)9-6(8)4-2;1-3-4(2)5;1-2-3-4(5)6;2*1-2/h3H,1,4H2,2H3;2-3H2,1H3;3H,1H2,(H,5,6);2*1-2H3. The summed E-state index contributed by atoms with van der Waals surface area (Å²) in [6.45, 7) is 21.2. The van der Waals surface area contributed by atoms with Crippen molar-refractivity contribution in [2.75, 3.05) is 0 Å². The van der Waals surface area contributed by atoms with Gasteiger partial charge in [-0.3, -0.25) is 4.79 Å². The number of hydrogen-bond donors (Lipinski definition) is 1. The smallest absolute Gasteiger partial charge is 0.337 e. The number of carboxylic acids is 1. The predicted molar refractivity (Wildman–Crippen MR) is 101 cm³/mol. The molecule has 0 aromatic rings. The van der Waals surface area contributed by atoms with Crippen LogP contribution in [-0.2, 0) is 19.1 Å². The summed E-state index contributed by atoms with van der Waals surface area (Å²) < 4.78 is 4.15. The number of esters is 2. The number of carbonyl (C=O) groups is 3. The van der Waals surface area contributed by atoms with Crippen molar-refractivity contribution in [1.29, 1.82) is 0 Å². The summed E-state index contributed by atoms with van der Waals surface area (Å²) in [7, 11) is 0. The lowest BCUT2D eigenvalue weighted by molar-refractivity contribution is -0.155. The van der Waals surface area contributed by atoms with Crippen LogP contribution in [0.3, 0.4) is 0 Å². The number of rotatable bonds is 4. The van der Waals surface area contributed by atoms with Gasteiger partial charge in [-0.15, -0.1) is 5.73 Å². The van der Waals surface area contributed by atoms with E-state index in [0.717, 1.165) is 23.6 Å². The Morgan fingerprint density at radius 2 is 1.50 bits per heavy atom. The summed E-state index contributed by atoms with van der Waals surface area (Å²) in [5.74, 6) is -2.23. The molecule has 1 N–H and O–H groups in total. The number of aliphatic carboxylic acids is 1. The first-order valence-corrected chi connectivity index (χ1v) is 7.91. The highest BCUT2D eigenvalue weighted by molar-refractivity contribution is 6.29. The number of halogens is 1. The minimum absolute atomic E-state index is 0.208. The second-order valence-corrected chi connectivity index (χ2v) is 3.44. The fraction of sp³-hybridized carbons (Fsp3) is 0.444. The van der Waals surface area contributed by atoms with Crippen molar-refractivity contribution in [3.63, 3.8) is 0 Å². The molecule has 6 heteroatoms. The maximum atomic E-state index is 10.3. The van der Waals surface area contributed by atoms with E-state index in [2.05, 4.69) is 30.2 Å². The van der Waals surface area contributed by atoms with Crippen molar-refractivity contribution in [1.82, 2.24) is 0 Å². The van der Waals surface area contributed by atoms with E-state index in [4.69, 9.17) is 16.7 Å². The highest BCUT2D eigenvalue weighted by atomic mass is 35.5. The molecule has 0 rings (SSSR count). The third-order valence-corrected chi connectivity index (χ3v) is 1.55. The minimum atomic E-state index is -1.01. The van der Waals surface area contributed by atoms with Crippen LogP contribution in [0.5, 0.6) is 0 Å². The van der Waals surface area contributed by atoms with Crippen LogP contribution in [0, 0.1) is 0 Å². The van der Waals surface area contributed by atoms with Crippen molar-refractivity contribution in [2.24, 2.45) is 0 Å². The van der Waals surface area contributed by atoms with Gasteiger partial charge in [-0.2, -0.15) is 0 Å². The van der Waals surface area contributed by atoms with Crippen molar-refractivity contribution in [3.8, 4) is 0 Å². The van der Waals surface area contributed by atoms with Crippen LogP contribution in [0.1, 0.15) is 54.4 Å². The fourth-order valence-corrected chi connectivity index (χ4v) is 0.313. The molecule has 0 amide bonds. The van der Waals surface area contributed by atoms with Crippen LogP contribution in [0.15, 0.2) is 42.7 Å². The molecule has 0 heterocycles. The van der Waals surface area contributed by atoms with Gasteiger partial charge in [0.1, 0.15) is 0 Å². The van der Waals surface area contributed by atoms with Gasteiger partial charge < -0.3 is 9.84 Å². The van der Waals surface area contributed by atoms with E-state index in [1.165, 1.54) is 0 Å². The Labute approximate surface area is 151 Å². The molecule has 0 radical (unpaired) electrons. The molecular formula is C18H31ClO5. The SMILES string of the molecule is C=C(Cl)CC.C=C=CC(=O)O.C=CC(=O)OC(=O)CC.CC.CC. The van der Waals surface area contributed by atoms with Gasteiger partial charge in [0.15, 0.2) is 0 Å². The Kier molecular flexibility index (Phi) is 45.7. The molecule has 0 aliphatic carbocycles. The molecule has 0 aliphatic rings. The van der Waals surface area contributed by atoms with Crippen molar-refractivity contribution in [2.45, 2.75) is 54.4 Å². The van der Waals surface area contributed by atoms with E-state index in [0.29, 0.717) is 0 Å². The quantitative estimate of drug-likeness (QED) is 0.319. The van der Waals surface area contributed by atoms with Crippen molar-refractivity contribution >= 4 is 29.5 Å². The number of carbonyl (C=O) groups excluding carboxylic acids is 2. The molecule has 24 heavy (non-hydrogen) atoms. The summed E-state index contributed by atoms with van der Waals surface area (Å²) in [6.07, 6.45) is 2.88. The molecule has 0 unspecified atom stereocenters. The molecule has 0 aromatic heterocycles. The Morgan fingerprint density at radius 1 is 1.12 bits per heavy atom. The number of ether oxygens (including phenoxy) is 1. The lowest BCUT2D eigenvalue weighted by Crippen LogP contribution is -2.07. The first-order chi connectivity index (χ1) is 11.2. The predicted octanol–water partition coefficient (Wildman–Crippen LogP) is 5.27. The first kappa shape index (κ1) is 33.5. The van der Waals surface area contributed by atoms with Crippen LogP contribution < -0.4 is 0 Å². The molecule has 5 nitrogen and oxygen atoms in total. The topological polar surface area (TPSA) is 80.7 Å². The maximum absolute atomic E-state index is 10.3. The number of hydrogen-bond acceptors (Lipinski definition) is 4. The second-order valence-electron chi connectivity index (χ2n) is 2.91. The molecule has 0 aromatic carbocycles. The largest absolute Gasteiger partial charge is 0.478 e. The summed E-state index contributed by atoms with van der Waals surface area (Å²) in [5.41, 5.74) is 2.09.